The standard InChI is InChI=1S/C18H9BrCl2N2S/c19-14-3-1-2-12(7-14)17-10-24-18(23-17)13(9-22)6-11-4-5-15(20)8-16(11)21/h1-8,10H. The molecule has 0 amide bonds. The molecule has 0 radical (unpaired) electrons. The largest absolute Gasteiger partial charge is 0.235 e. The number of thiazole rings is 1. The molecule has 24 heavy (non-hydrogen) atoms. The van der Waals surface area contributed by atoms with Gasteiger partial charge in [0, 0.05) is 25.5 Å². The molecule has 0 spiro atoms. The molecule has 0 saturated heterocycles. The van der Waals surface area contributed by atoms with Crippen LogP contribution in [0.25, 0.3) is 22.9 Å². The van der Waals surface area contributed by atoms with E-state index in [2.05, 4.69) is 27.0 Å². The second-order valence-corrected chi connectivity index (χ2v) is 7.50. The number of allylic oxidation sites excluding steroid dienone is 1. The van der Waals surface area contributed by atoms with Gasteiger partial charge in [0.25, 0.3) is 0 Å². The lowest BCUT2D eigenvalue weighted by atomic mass is 10.1. The predicted molar refractivity (Wildman–Crippen MR) is 105 cm³/mol. The van der Waals surface area contributed by atoms with Gasteiger partial charge in [0.2, 0.25) is 0 Å². The minimum absolute atomic E-state index is 0.463. The van der Waals surface area contributed by atoms with E-state index in [0.717, 1.165) is 21.3 Å². The van der Waals surface area contributed by atoms with Gasteiger partial charge in [-0.05, 0) is 35.9 Å². The number of nitriles is 1. The first-order valence-corrected chi connectivity index (χ1v) is 9.28. The predicted octanol–water partition coefficient (Wildman–Crippen LogP) is 6.94. The lowest BCUT2D eigenvalue weighted by Crippen LogP contribution is -1.84. The molecule has 0 aliphatic carbocycles. The fourth-order valence-corrected chi connectivity index (χ4v) is 3.75. The summed E-state index contributed by atoms with van der Waals surface area (Å²) in [6.07, 6.45) is 1.72. The summed E-state index contributed by atoms with van der Waals surface area (Å²) in [5, 5.41) is 13.1. The summed E-state index contributed by atoms with van der Waals surface area (Å²) < 4.78 is 0.985. The topological polar surface area (TPSA) is 36.7 Å². The summed E-state index contributed by atoms with van der Waals surface area (Å²) in [5.74, 6) is 0. The fraction of sp³-hybridized carbons (Fsp3) is 0. The fourth-order valence-electron chi connectivity index (χ4n) is 2.09. The van der Waals surface area contributed by atoms with Crippen molar-refractivity contribution in [2.45, 2.75) is 0 Å². The maximum atomic E-state index is 9.48. The van der Waals surface area contributed by atoms with Crippen molar-refractivity contribution in [3.8, 4) is 17.3 Å². The van der Waals surface area contributed by atoms with Gasteiger partial charge in [-0.15, -0.1) is 11.3 Å². The van der Waals surface area contributed by atoms with E-state index in [0.29, 0.717) is 20.6 Å². The SMILES string of the molecule is N#CC(=Cc1ccc(Cl)cc1Cl)c1nc(-c2cccc(Br)c2)cs1. The van der Waals surface area contributed by atoms with Crippen molar-refractivity contribution in [1.29, 1.82) is 5.26 Å². The Morgan fingerprint density at radius 2 is 2.04 bits per heavy atom. The zero-order valence-corrected chi connectivity index (χ0v) is 16.0. The monoisotopic (exact) mass is 434 g/mol. The molecule has 0 N–H and O–H groups in total. The van der Waals surface area contributed by atoms with Gasteiger partial charge in [0.1, 0.15) is 11.1 Å². The molecule has 0 bridgehead atoms. The van der Waals surface area contributed by atoms with Crippen LogP contribution in [0, 0.1) is 11.3 Å². The molecule has 0 saturated carbocycles. The Morgan fingerprint density at radius 1 is 1.21 bits per heavy atom. The van der Waals surface area contributed by atoms with E-state index in [1.165, 1.54) is 11.3 Å². The summed E-state index contributed by atoms with van der Waals surface area (Å²) in [4.78, 5) is 4.57. The molecule has 2 aromatic carbocycles. The number of rotatable bonds is 3. The zero-order valence-electron chi connectivity index (χ0n) is 12.1. The highest BCUT2D eigenvalue weighted by atomic mass is 79.9. The van der Waals surface area contributed by atoms with E-state index in [1.807, 2.05) is 29.6 Å². The smallest absolute Gasteiger partial charge is 0.134 e. The average Bonchev–Trinajstić information content (AvgIpc) is 3.04. The molecular formula is C18H9BrCl2N2S. The van der Waals surface area contributed by atoms with E-state index in [-0.39, 0.29) is 0 Å². The third-order valence-corrected chi connectivity index (χ3v) is 5.17. The van der Waals surface area contributed by atoms with Gasteiger partial charge < -0.3 is 0 Å². The van der Waals surface area contributed by atoms with Crippen molar-refractivity contribution in [3.05, 3.63) is 72.9 Å². The summed E-state index contributed by atoms with van der Waals surface area (Å²) >= 11 is 17.0. The first-order valence-electron chi connectivity index (χ1n) is 6.85. The van der Waals surface area contributed by atoms with Crippen molar-refractivity contribution in [2.75, 3.05) is 0 Å². The third kappa shape index (κ3) is 3.88. The van der Waals surface area contributed by atoms with E-state index < -0.39 is 0 Å². The summed E-state index contributed by atoms with van der Waals surface area (Å²) in [6.45, 7) is 0. The minimum Gasteiger partial charge on any atom is -0.235 e. The number of hydrogen-bond donors (Lipinski definition) is 0. The van der Waals surface area contributed by atoms with Crippen LogP contribution in [0.1, 0.15) is 10.6 Å². The molecule has 1 aromatic heterocycles. The molecule has 0 fully saturated rings. The van der Waals surface area contributed by atoms with Crippen LogP contribution in [-0.2, 0) is 0 Å². The summed E-state index contributed by atoms with van der Waals surface area (Å²) in [5.41, 5.74) is 3.02. The Bertz CT molecular complexity index is 973. The van der Waals surface area contributed by atoms with Gasteiger partial charge in [0.15, 0.2) is 0 Å². The van der Waals surface area contributed by atoms with Gasteiger partial charge in [-0.25, -0.2) is 4.98 Å². The van der Waals surface area contributed by atoms with Crippen molar-refractivity contribution < 1.29 is 0 Å². The summed E-state index contributed by atoms with van der Waals surface area (Å²) in [7, 11) is 0. The second-order valence-electron chi connectivity index (χ2n) is 4.88. The lowest BCUT2D eigenvalue weighted by molar-refractivity contribution is 1.37. The van der Waals surface area contributed by atoms with Gasteiger partial charge in [-0.3, -0.25) is 0 Å². The number of nitrogens with zero attached hydrogens (tertiary/aromatic N) is 2. The molecular weight excluding hydrogens is 427 g/mol. The molecule has 0 aliphatic rings. The zero-order chi connectivity index (χ0) is 17.1. The number of halogens is 3. The van der Waals surface area contributed by atoms with Crippen LogP contribution >= 0.6 is 50.5 Å². The van der Waals surface area contributed by atoms with Crippen LogP contribution in [-0.4, -0.2) is 4.98 Å². The Hall–Kier alpha value is -1.64. The molecule has 3 aromatic rings. The van der Waals surface area contributed by atoms with Crippen LogP contribution < -0.4 is 0 Å². The number of benzene rings is 2. The van der Waals surface area contributed by atoms with Gasteiger partial charge in [-0.2, -0.15) is 5.26 Å². The highest BCUT2D eigenvalue weighted by Gasteiger charge is 2.10. The van der Waals surface area contributed by atoms with Crippen LogP contribution in [0.15, 0.2) is 52.3 Å². The van der Waals surface area contributed by atoms with Crippen LogP contribution in [0.4, 0.5) is 0 Å². The third-order valence-electron chi connectivity index (χ3n) is 3.24. The first-order chi connectivity index (χ1) is 11.6. The normalized spacial score (nSPS) is 11.3. The quantitative estimate of drug-likeness (QED) is 0.417. The Morgan fingerprint density at radius 3 is 2.75 bits per heavy atom. The van der Waals surface area contributed by atoms with Crippen LogP contribution in [0.2, 0.25) is 10.0 Å². The number of hydrogen-bond acceptors (Lipinski definition) is 3. The van der Waals surface area contributed by atoms with E-state index in [9.17, 15) is 5.26 Å². The highest BCUT2D eigenvalue weighted by Crippen LogP contribution is 2.30. The van der Waals surface area contributed by atoms with E-state index >= 15 is 0 Å². The average molecular weight is 436 g/mol. The van der Waals surface area contributed by atoms with Crippen LogP contribution in [0.5, 0.6) is 0 Å². The van der Waals surface area contributed by atoms with Crippen molar-refractivity contribution in [1.82, 2.24) is 4.98 Å². The molecule has 3 rings (SSSR count). The minimum atomic E-state index is 0.463. The van der Waals surface area contributed by atoms with Crippen molar-refractivity contribution in [2.24, 2.45) is 0 Å². The lowest BCUT2D eigenvalue weighted by Gasteiger charge is -2.00. The maximum Gasteiger partial charge on any atom is 0.134 e. The Labute approximate surface area is 162 Å². The van der Waals surface area contributed by atoms with Gasteiger partial charge in [-0.1, -0.05) is 57.3 Å². The molecule has 1 heterocycles. The molecule has 118 valence electrons. The van der Waals surface area contributed by atoms with Crippen molar-refractivity contribution in [3.63, 3.8) is 0 Å². The van der Waals surface area contributed by atoms with E-state index in [1.54, 1.807) is 24.3 Å². The molecule has 0 atom stereocenters. The highest BCUT2D eigenvalue weighted by molar-refractivity contribution is 9.10. The molecule has 0 unspecified atom stereocenters. The maximum absolute atomic E-state index is 9.48. The van der Waals surface area contributed by atoms with Crippen molar-refractivity contribution >= 4 is 62.1 Å². The Kier molecular flexibility index (Phi) is 5.37. The summed E-state index contributed by atoms with van der Waals surface area (Å²) in [6, 6.07) is 15.2. The van der Waals surface area contributed by atoms with Crippen LogP contribution in [0.3, 0.4) is 0 Å². The van der Waals surface area contributed by atoms with Gasteiger partial charge in [0.05, 0.1) is 11.3 Å². The molecule has 0 aliphatic heterocycles. The molecule has 2 nitrogen and oxygen atoms in total. The number of aromatic nitrogens is 1. The van der Waals surface area contributed by atoms with E-state index in [4.69, 9.17) is 23.2 Å². The molecule has 6 heteroatoms. The first kappa shape index (κ1) is 17.2. The Balaban J connectivity index is 1.98. The van der Waals surface area contributed by atoms with Gasteiger partial charge >= 0.3 is 0 Å². The second kappa shape index (κ2) is 7.50.